The smallest absolute Gasteiger partial charge is 0.248 e. The number of primary amides is 1. The number of nitrogens with two attached hydrogens (primary N) is 1. The van der Waals surface area contributed by atoms with E-state index in [2.05, 4.69) is 0 Å². The van der Waals surface area contributed by atoms with E-state index in [0.717, 1.165) is 19.3 Å². The molecule has 4 heteroatoms. The van der Waals surface area contributed by atoms with E-state index in [4.69, 9.17) is 22.1 Å². The highest BCUT2D eigenvalue weighted by atomic mass is 35.5. The van der Waals surface area contributed by atoms with Crippen LogP contribution in [-0.2, 0) is 11.2 Å². The van der Waals surface area contributed by atoms with Gasteiger partial charge in [0.25, 0.3) is 0 Å². The molecule has 0 aromatic heterocycles. The van der Waals surface area contributed by atoms with Crippen molar-refractivity contribution in [3.8, 4) is 0 Å². The molecule has 0 fully saturated rings. The molecule has 0 spiro atoms. The minimum absolute atomic E-state index is 0.111. The number of rotatable bonds is 4. The van der Waals surface area contributed by atoms with Crippen LogP contribution in [0.4, 0.5) is 0 Å². The Kier molecular flexibility index (Phi) is 4.02. The van der Waals surface area contributed by atoms with Gasteiger partial charge in [0.1, 0.15) is 0 Å². The Labute approximate surface area is 106 Å². The van der Waals surface area contributed by atoms with Crippen molar-refractivity contribution in [2.45, 2.75) is 25.4 Å². The van der Waals surface area contributed by atoms with Crippen LogP contribution in [0.3, 0.4) is 0 Å². The van der Waals surface area contributed by atoms with Crippen molar-refractivity contribution in [3.05, 3.63) is 34.9 Å². The van der Waals surface area contributed by atoms with E-state index in [1.54, 1.807) is 6.07 Å². The Morgan fingerprint density at radius 3 is 3.06 bits per heavy atom. The van der Waals surface area contributed by atoms with Crippen LogP contribution in [0.2, 0.25) is 0 Å². The van der Waals surface area contributed by atoms with Crippen molar-refractivity contribution in [2.75, 3.05) is 12.5 Å². The fourth-order valence-corrected chi connectivity index (χ4v) is 2.35. The molecule has 1 aromatic carbocycles. The summed E-state index contributed by atoms with van der Waals surface area (Å²) < 4.78 is 5.73. The van der Waals surface area contributed by atoms with Crippen LogP contribution in [0.5, 0.6) is 0 Å². The number of benzene rings is 1. The highest BCUT2D eigenvalue weighted by Crippen LogP contribution is 2.31. The van der Waals surface area contributed by atoms with E-state index in [1.165, 1.54) is 11.1 Å². The molecule has 0 aliphatic carbocycles. The van der Waals surface area contributed by atoms with Crippen LogP contribution in [0.25, 0.3) is 0 Å². The van der Waals surface area contributed by atoms with Crippen molar-refractivity contribution < 1.29 is 9.53 Å². The monoisotopic (exact) mass is 253 g/mol. The molecular formula is C13H16ClNO2. The predicted octanol–water partition coefficient (Wildman–Crippen LogP) is 2.42. The molecule has 0 bridgehead atoms. The molecule has 1 heterocycles. The number of hydrogen-bond acceptors (Lipinski definition) is 2. The SMILES string of the molecule is NC(=O)c1ccc2c(c1)CCOC2CCCCl. The minimum Gasteiger partial charge on any atom is -0.373 e. The molecule has 2 rings (SSSR count). The molecular weight excluding hydrogens is 238 g/mol. The molecule has 0 saturated carbocycles. The zero-order valence-corrected chi connectivity index (χ0v) is 10.4. The highest BCUT2D eigenvalue weighted by molar-refractivity contribution is 6.17. The third-order valence-corrected chi connectivity index (χ3v) is 3.33. The standard InChI is InChI=1S/C13H16ClNO2/c14-6-1-2-12-11-4-3-10(13(15)16)8-9(11)5-7-17-12/h3-4,8,12H,1-2,5-7H2,(H2,15,16). The number of halogens is 1. The maximum atomic E-state index is 11.1. The maximum Gasteiger partial charge on any atom is 0.248 e. The lowest BCUT2D eigenvalue weighted by atomic mass is 9.93. The maximum absolute atomic E-state index is 11.1. The number of ether oxygens (including phenoxy) is 1. The summed E-state index contributed by atoms with van der Waals surface area (Å²) in [5, 5.41) is 0. The van der Waals surface area contributed by atoms with Crippen molar-refractivity contribution in [3.63, 3.8) is 0 Å². The fourth-order valence-electron chi connectivity index (χ4n) is 2.19. The largest absolute Gasteiger partial charge is 0.373 e. The Morgan fingerprint density at radius 2 is 2.35 bits per heavy atom. The lowest BCUT2D eigenvalue weighted by Crippen LogP contribution is -2.18. The first-order chi connectivity index (χ1) is 8.22. The third-order valence-electron chi connectivity index (χ3n) is 3.06. The van der Waals surface area contributed by atoms with Gasteiger partial charge in [-0.15, -0.1) is 11.6 Å². The van der Waals surface area contributed by atoms with E-state index in [1.807, 2.05) is 12.1 Å². The summed E-state index contributed by atoms with van der Waals surface area (Å²) in [6.45, 7) is 0.697. The summed E-state index contributed by atoms with van der Waals surface area (Å²) >= 11 is 5.70. The molecule has 0 radical (unpaired) electrons. The molecule has 1 unspecified atom stereocenters. The predicted molar refractivity (Wildman–Crippen MR) is 67.3 cm³/mol. The Balaban J connectivity index is 2.23. The molecule has 2 N–H and O–H groups in total. The van der Waals surface area contributed by atoms with Crippen LogP contribution in [-0.4, -0.2) is 18.4 Å². The highest BCUT2D eigenvalue weighted by Gasteiger charge is 2.21. The van der Waals surface area contributed by atoms with Gasteiger partial charge in [-0.3, -0.25) is 4.79 Å². The second-order valence-electron chi connectivity index (χ2n) is 4.22. The second kappa shape index (κ2) is 5.52. The van der Waals surface area contributed by atoms with Gasteiger partial charge in [-0.2, -0.15) is 0 Å². The Hall–Kier alpha value is -1.06. The third kappa shape index (κ3) is 2.79. The average Bonchev–Trinajstić information content (AvgIpc) is 2.35. The lowest BCUT2D eigenvalue weighted by Gasteiger charge is -2.26. The molecule has 17 heavy (non-hydrogen) atoms. The summed E-state index contributed by atoms with van der Waals surface area (Å²) in [6.07, 6.45) is 2.81. The van der Waals surface area contributed by atoms with Crippen molar-refractivity contribution in [1.29, 1.82) is 0 Å². The fraction of sp³-hybridized carbons (Fsp3) is 0.462. The molecule has 1 aliphatic heterocycles. The van der Waals surface area contributed by atoms with Gasteiger partial charge in [-0.25, -0.2) is 0 Å². The number of carbonyl (C=O) groups is 1. The molecule has 3 nitrogen and oxygen atoms in total. The molecule has 1 aromatic rings. The summed E-state index contributed by atoms with van der Waals surface area (Å²) in [4.78, 5) is 11.1. The van der Waals surface area contributed by atoms with Gasteiger partial charge in [0.2, 0.25) is 5.91 Å². The van der Waals surface area contributed by atoms with E-state index < -0.39 is 0 Å². The molecule has 1 aliphatic rings. The lowest BCUT2D eigenvalue weighted by molar-refractivity contribution is 0.0362. The average molecular weight is 254 g/mol. The first-order valence-electron chi connectivity index (χ1n) is 5.82. The number of fused-ring (bicyclic) bond motifs is 1. The molecule has 0 saturated heterocycles. The molecule has 1 atom stereocenters. The van der Waals surface area contributed by atoms with Gasteiger partial charge in [-0.1, -0.05) is 6.07 Å². The summed E-state index contributed by atoms with van der Waals surface area (Å²) in [5.74, 6) is 0.269. The van der Waals surface area contributed by atoms with E-state index >= 15 is 0 Å². The van der Waals surface area contributed by atoms with Crippen LogP contribution < -0.4 is 5.73 Å². The number of amides is 1. The molecule has 1 amide bonds. The minimum atomic E-state index is -0.378. The first-order valence-corrected chi connectivity index (χ1v) is 6.36. The van der Waals surface area contributed by atoms with Crippen LogP contribution in [0, 0.1) is 0 Å². The van der Waals surface area contributed by atoms with Gasteiger partial charge < -0.3 is 10.5 Å². The van der Waals surface area contributed by atoms with Crippen LogP contribution >= 0.6 is 11.6 Å². The van der Waals surface area contributed by atoms with E-state index in [-0.39, 0.29) is 12.0 Å². The van der Waals surface area contributed by atoms with Crippen molar-refractivity contribution >= 4 is 17.5 Å². The summed E-state index contributed by atoms with van der Waals surface area (Å²) in [7, 11) is 0. The Morgan fingerprint density at radius 1 is 1.53 bits per heavy atom. The van der Waals surface area contributed by atoms with Crippen LogP contribution in [0.1, 0.15) is 40.4 Å². The van der Waals surface area contributed by atoms with Crippen molar-refractivity contribution in [2.24, 2.45) is 5.73 Å². The molecule has 92 valence electrons. The van der Waals surface area contributed by atoms with E-state index in [9.17, 15) is 4.79 Å². The van der Waals surface area contributed by atoms with Gasteiger partial charge >= 0.3 is 0 Å². The van der Waals surface area contributed by atoms with Gasteiger partial charge in [0.05, 0.1) is 12.7 Å². The topological polar surface area (TPSA) is 52.3 Å². The van der Waals surface area contributed by atoms with Gasteiger partial charge in [0, 0.05) is 11.4 Å². The number of carbonyl (C=O) groups excluding carboxylic acids is 1. The normalized spacial score (nSPS) is 18.8. The van der Waals surface area contributed by atoms with Crippen LogP contribution in [0.15, 0.2) is 18.2 Å². The zero-order chi connectivity index (χ0) is 12.3. The zero-order valence-electron chi connectivity index (χ0n) is 9.62. The number of hydrogen-bond donors (Lipinski definition) is 1. The summed E-state index contributed by atoms with van der Waals surface area (Å²) in [6, 6.07) is 5.60. The van der Waals surface area contributed by atoms with Gasteiger partial charge in [0.15, 0.2) is 0 Å². The summed E-state index contributed by atoms with van der Waals surface area (Å²) in [5.41, 5.74) is 8.19. The van der Waals surface area contributed by atoms with Gasteiger partial charge in [-0.05, 0) is 42.5 Å². The second-order valence-corrected chi connectivity index (χ2v) is 4.60. The number of alkyl halides is 1. The first kappa shape index (κ1) is 12.4. The van der Waals surface area contributed by atoms with Crippen molar-refractivity contribution in [1.82, 2.24) is 0 Å². The van der Waals surface area contributed by atoms with E-state index in [0.29, 0.717) is 18.1 Å². The Bertz CT molecular complexity index is 420. The quantitative estimate of drug-likeness (QED) is 0.838.